The van der Waals surface area contributed by atoms with Crippen molar-refractivity contribution >= 4 is 17.7 Å². The first-order valence-electron chi connectivity index (χ1n) is 8.93. The highest BCUT2D eigenvalue weighted by Crippen LogP contribution is 2.29. The standard InChI is InChI=1S/C20H25FN4OS/c1-20(2)14-25(9-10-27-20)19(22-3)24-12-15-6-7-18(17(21)11-15)26-16-5-4-8-23-13-16/h4-8,11,13H,9-10,12,14H2,1-3H3,(H,22,24). The number of pyridine rings is 1. The molecule has 3 rings (SSSR count). The molecule has 1 saturated heterocycles. The molecule has 5 nitrogen and oxygen atoms in total. The van der Waals surface area contributed by atoms with Crippen molar-refractivity contribution in [2.45, 2.75) is 25.1 Å². The largest absolute Gasteiger partial charge is 0.453 e. The van der Waals surface area contributed by atoms with Crippen LogP contribution in [-0.4, -0.2) is 46.5 Å². The van der Waals surface area contributed by atoms with Crippen molar-refractivity contribution in [3.8, 4) is 11.5 Å². The van der Waals surface area contributed by atoms with E-state index in [1.54, 1.807) is 37.6 Å². The van der Waals surface area contributed by atoms with Crippen LogP contribution >= 0.6 is 11.8 Å². The number of hydrogen-bond donors (Lipinski definition) is 1. The van der Waals surface area contributed by atoms with E-state index < -0.39 is 5.82 Å². The lowest BCUT2D eigenvalue weighted by atomic mass is 10.2. The molecule has 2 heterocycles. The van der Waals surface area contributed by atoms with E-state index in [1.165, 1.54) is 6.07 Å². The first-order chi connectivity index (χ1) is 13.0. The van der Waals surface area contributed by atoms with Crippen molar-refractivity contribution in [1.29, 1.82) is 0 Å². The van der Waals surface area contributed by atoms with Gasteiger partial charge in [0.15, 0.2) is 17.5 Å². The lowest BCUT2D eigenvalue weighted by molar-refractivity contribution is 0.375. The molecule has 1 aliphatic rings. The molecule has 7 heteroatoms. The zero-order valence-electron chi connectivity index (χ0n) is 15.9. The maximum atomic E-state index is 14.4. The van der Waals surface area contributed by atoms with E-state index in [2.05, 4.69) is 34.0 Å². The summed E-state index contributed by atoms with van der Waals surface area (Å²) in [7, 11) is 1.78. The molecule has 0 bridgehead atoms. The molecule has 0 spiro atoms. The van der Waals surface area contributed by atoms with E-state index in [4.69, 9.17) is 4.74 Å². The molecular formula is C20H25FN4OS. The minimum atomic E-state index is -0.399. The Morgan fingerprint density at radius 1 is 1.41 bits per heavy atom. The molecule has 1 aromatic heterocycles. The number of aromatic nitrogens is 1. The van der Waals surface area contributed by atoms with Crippen molar-refractivity contribution in [3.63, 3.8) is 0 Å². The summed E-state index contributed by atoms with van der Waals surface area (Å²) >= 11 is 1.98. The Hall–Kier alpha value is -2.28. The van der Waals surface area contributed by atoms with E-state index >= 15 is 0 Å². The summed E-state index contributed by atoms with van der Waals surface area (Å²) in [5.74, 6) is 2.21. The van der Waals surface area contributed by atoms with Crippen LogP contribution in [0, 0.1) is 5.82 Å². The minimum absolute atomic E-state index is 0.186. The Bertz CT molecular complexity index is 798. The third-order valence-electron chi connectivity index (χ3n) is 4.25. The maximum absolute atomic E-state index is 14.4. The molecule has 2 aromatic rings. The van der Waals surface area contributed by atoms with Crippen molar-refractivity contribution < 1.29 is 9.13 Å². The number of aliphatic imine (C=N–C) groups is 1. The fraction of sp³-hybridized carbons (Fsp3) is 0.400. The highest BCUT2D eigenvalue weighted by molar-refractivity contribution is 8.00. The molecule has 0 aliphatic carbocycles. The van der Waals surface area contributed by atoms with Gasteiger partial charge in [-0.05, 0) is 43.7 Å². The highest BCUT2D eigenvalue weighted by atomic mass is 32.2. The summed E-state index contributed by atoms with van der Waals surface area (Å²) in [4.78, 5) is 10.6. The minimum Gasteiger partial charge on any atom is -0.453 e. The van der Waals surface area contributed by atoms with Gasteiger partial charge in [0, 0.05) is 43.4 Å². The summed E-state index contributed by atoms with van der Waals surface area (Å²) in [6.45, 7) is 6.88. The molecule has 0 saturated carbocycles. The van der Waals surface area contributed by atoms with Crippen LogP contribution in [0.3, 0.4) is 0 Å². The second-order valence-electron chi connectivity index (χ2n) is 6.99. The smallest absolute Gasteiger partial charge is 0.193 e. The first-order valence-corrected chi connectivity index (χ1v) is 9.91. The Balaban J connectivity index is 1.61. The lowest BCUT2D eigenvalue weighted by Crippen LogP contribution is -2.50. The van der Waals surface area contributed by atoms with Gasteiger partial charge < -0.3 is 15.0 Å². The van der Waals surface area contributed by atoms with Crippen LogP contribution < -0.4 is 10.1 Å². The highest BCUT2D eigenvalue weighted by Gasteiger charge is 2.28. The zero-order valence-corrected chi connectivity index (χ0v) is 16.7. The number of nitrogens with one attached hydrogen (secondary N) is 1. The van der Waals surface area contributed by atoms with Crippen LogP contribution in [0.15, 0.2) is 47.7 Å². The SMILES string of the molecule is CN=C(NCc1ccc(Oc2cccnc2)c(F)c1)N1CCSC(C)(C)C1. The van der Waals surface area contributed by atoms with Crippen molar-refractivity contribution in [2.75, 3.05) is 25.9 Å². The van der Waals surface area contributed by atoms with E-state index in [1.807, 2.05) is 17.8 Å². The Morgan fingerprint density at radius 2 is 2.26 bits per heavy atom. The molecule has 1 aromatic carbocycles. The number of nitrogens with zero attached hydrogens (tertiary/aromatic N) is 3. The summed E-state index contributed by atoms with van der Waals surface area (Å²) in [6.07, 6.45) is 3.20. The number of hydrogen-bond acceptors (Lipinski definition) is 4. The van der Waals surface area contributed by atoms with Gasteiger partial charge in [-0.3, -0.25) is 9.98 Å². The summed E-state index contributed by atoms with van der Waals surface area (Å²) in [6, 6.07) is 8.47. The third-order valence-corrected chi connectivity index (χ3v) is 5.54. The van der Waals surface area contributed by atoms with Crippen LogP contribution in [-0.2, 0) is 6.54 Å². The van der Waals surface area contributed by atoms with Crippen LogP contribution in [0.5, 0.6) is 11.5 Å². The van der Waals surface area contributed by atoms with Crippen LogP contribution in [0.1, 0.15) is 19.4 Å². The summed E-state index contributed by atoms with van der Waals surface area (Å²) in [5.41, 5.74) is 0.831. The molecule has 0 atom stereocenters. The second kappa shape index (κ2) is 8.61. The number of thioether (sulfide) groups is 1. The Morgan fingerprint density at radius 3 is 2.93 bits per heavy atom. The molecule has 1 fully saturated rings. The third kappa shape index (κ3) is 5.35. The topological polar surface area (TPSA) is 49.8 Å². The van der Waals surface area contributed by atoms with E-state index in [9.17, 15) is 4.39 Å². The number of ether oxygens (including phenoxy) is 1. The van der Waals surface area contributed by atoms with Crippen molar-refractivity contribution in [3.05, 3.63) is 54.1 Å². The zero-order chi connectivity index (χ0) is 19.3. The molecule has 0 amide bonds. The lowest BCUT2D eigenvalue weighted by Gasteiger charge is -2.39. The number of benzene rings is 1. The second-order valence-corrected chi connectivity index (χ2v) is 8.79. The van der Waals surface area contributed by atoms with Gasteiger partial charge in [-0.15, -0.1) is 0 Å². The molecule has 0 radical (unpaired) electrons. The van der Waals surface area contributed by atoms with Gasteiger partial charge in [0.25, 0.3) is 0 Å². The van der Waals surface area contributed by atoms with Gasteiger partial charge in [0.1, 0.15) is 5.75 Å². The van der Waals surface area contributed by atoms with Gasteiger partial charge in [-0.1, -0.05) is 6.07 Å². The van der Waals surface area contributed by atoms with Gasteiger partial charge in [0.2, 0.25) is 0 Å². The Kier molecular flexibility index (Phi) is 6.21. The van der Waals surface area contributed by atoms with Crippen LogP contribution in [0.4, 0.5) is 4.39 Å². The van der Waals surface area contributed by atoms with Crippen LogP contribution in [0.25, 0.3) is 0 Å². The monoisotopic (exact) mass is 388 g/mol. The molecule has 27 heavy (non-hydrogen) atoms. The maximum Gasteiger partial charge on any atom is 0.193 e. The fourth-order valence-corrected chi connectivity index (χ4v) is 4.09. The predicted octanol–water partition coefficient (Wildman–Crippen LogP) is 3.92. The van der Waals surface area contributed by atoms with Gasteiger partial charge in [-0.25, -0.2) is 4.39 Å². The van der Waals surface area contributed by atoms with E-state index in [0.29, 0.717) is 12.3 Å². The van der Waals surface area contributed by atoms with E-state index in [-0.39, 0.29) is 10.5 Å². The van der Waals surface area contributed by atoms with Gasteiger partial charge in [-0.2, -0.15) is 11.8 Å². The van der Waals surface area contributed by atoms with Crippen molar-refractivity contribution in [2.24, 2.45) is 4.99 Å². The molecule has 0 unspecified atom stereocenters. The first kappa shape index (κ1) is 19.5. The van der Waals surface area contributed by atoms with Crippen LogP contribution in [0.2, 0.25) is 0 Å². The average molecular weight is 389 g/mol. The summed E-state index contributed by atoms with van der Waals surface area (Å²) < 4.78 is 20.1. The molecule has 144 valence electrons. The summed E-state index contributed by atoms with van der Waals surface area (Å²) in [5, 5.41) is 3.34. The number of guanidine groups is 1. The number of rotatable bonds is 4. The Labute approximate surface area is 164 Å². The quantitative estimate of drug-likeness (QED) is 0.636. The van der Waals surface area contributed by atoms with Crippen molar-refractivity contribution in [1.82, 2.24) is 15.2 Å². The van der Waals surface area contributed by atoms with Gasteiger partial charge >= 0.3 is 0 Å². The van der Waals surface area contributed by atoms with E-state index in [0.717, 1.165) is 30.4 Å². The molecular weight excluding hydrogens is 363 g/mol. The number of halogens is 1. The normalized spacial score (nSPS) is 16.9. The fourth-order valence-electron chi connectivity index (χ4n) is 2.98. The molecule has 1 N–H and O–H groups in total. The average Bonchev–Trinajstić information content (AvgIpc) is 2.64. The molecule has 1 aliphatic heterocycles. The van der Waals surface area contributed by atoms with Gasteiger partial charge in [0.05, 0.1) is 6.20 Å². The predicted molar refractivity (Wildman–Crippen MR) is 109 cm³/mol.